The Morgan fingerprint density at radius 1 is 1.39 bits per heavy atom. The topological polar surface area (TPSA) is 76.2 Å². The molecular formula is C13H16N2O3. The number of hydrogen-bond acceptors (Lipinski definition) is 4. The maximum Gasteiger partial charge on any atom is 0.307 e. The highest BCUT2D eigenvalue weighted by molar-refractivity contribution is 5.71. The molecule has 0 saturated heterocycles. The zero-order chi connectivity index (χ0) is 12.5. The number of carbonyl (C=O) groups is 1. The molecule has 2 aliphatic carbocycles. The predicted molar refractivity (Wildman–Crippen MR) is 63.0 cm³/mol. The number of nitrogens with zero attached hydrogens (tertiary/aromatic N) is 2. The lowest BCUT2D eigenvalue weighted by Crippen LogP contribution is -2.23. The Hall–Kier alpha value is -1.65. The number of carboxylic acids is 1. The quantitative estimate of drug-likeness (QED) is 0.826. The molecule has 0 radical (unpaired) electrons. The normalized spacial score (nSPS) is 27.3. The van der Waals surface area contributed by atoms with E-state index >= 15 is 0 Å². The van der Waals surface area contributed by atoms with Crippen LogP contribution in [0.25, 0.3) is 0 Å². The van der Waals surface area contributed by atoms with Crippen LogP contribution in [0.4, 0.5) is 0 Å². The number of aromatic nitrogens is 2. The van der Waals surface area contributed by atoms with Gasteiger partial charge in [-0.1, -0.05) is 17.3 Å². The summed E-state index contributed by atoms with van der Waals surface area (Å²) in [5.41, 5.74) is 0. The number of rotatable bonds is 4. The van der Waals surface area contributed by atoms with E-state index < -0.39 is 11.9 Å². The van der Waals surface area contributed by atoms with Crippen molar-refractivity contribution < 1.29 is 14.4 Å². The average Bonchev–Trinajstić information content (AvgIpc) is 3.05. The molecule has 2 atom stereocenters. The molecule has 1 aromatic heterocycles. The third kappa shape index (κ3) is 2.30. The third-order valence-corrected chi connectivity index (χ3v) is 3.72. The number of carboxylic acid groups (broad SMARTS) is 1. The highest BCUT2D eigenvalue weighted by atomic mass is 16.5. The minimum Gasteiger partial charge on any atom is -0.481 e. The molecule has 2 unspecified atom stereocenters. The molecule has 0 aromatic carbocycles. The third-order valence-electron chi connectivity index (χ3n) is 3.72. The van der Waals surface area contributed by atoms with Gasteiger partial charge in [0.1, 0.15) is 0 Å². The van der Waals surface area contributed by atoms with Crippen LogP contribution in [-0.2, 0) is 11.2 Å². The van der Waals surface area contributed by atoms with Crippen molar-refractivity contribution >= 4 is 5.97 Å². The molecule has 0 aliphatic heterocycles. The Morgan fingerprint density at radius 3 is 2.89 bits per heavy atom. The second-order valence-corrected chi connectivity index (χ2v) is 5.19. The summed E-state index contributed by atoms with van der Waals surface area (Å²) in [5.74, 6) is 0.522. The van der Waals surface area contributed by atoms with Gasteiger partial charge in [0, 0.05) is 6.42 Å². The molecule has 0 spiro atoms. The Balaban J connectivity index is 1.76. The molecule has 5 nitrogen and oxygen atoms in total. The van der Waals surface area contributed by atoms with Crippen LogP contribution in [0.2, 0.25) is 0 Å². The van der Waals surface area contributed by atoms with E-state index in [0.717, 1.165) is 12.2 Å². The van der Waals surface area contributed by atoms with Crippen LogP contribution < -0.4 is 0 Å². The van der Waals surface area contributed by atoms with E-state index in [1.807, 2.05) is 12.2 Å². The van der Waals surface area contributed by atoms with Crippen LogP contribution >= 0.6 is 0 Å². The minimum absolute atomic E-state index is 0.173. The molecule has 2 aliphatic rings. The smallest absolute Gasteiger partial charge is 0.307 e. The van der Waals surface area contributed by atoms with E-state index in [4.69, 9.17) is 4.52 Å². The number of allylic oxidation sites excluding steroid dienone is 2. The Kier molecular flexibility index (Phi) is 2.89. The SMILES string of the molecule is O=C(O)C1CC=CCC1c1nc(CC2CC2)no1. The van der Waals surface area contributed by atoms with Gasteiger partial charge < -0.3 is 9.63 Å². The molecule has 0 amide bonds. The first-order valence-corrected chi connectivity index (χ1v) is 6.44. The van der Waals surface area contributed by atoms with Crippen LogP contribution in [-0.4, -0.2) is 21.2 Å². The molecule has 3 rings (SSSR count). The zero-order valence-corrected chi connectivity index (χ0v) is 10.1. The van der Waals surface area contributed by atoms with E-state index in [-0.39, 0.29) is 5.92 Å². The standard InChI is InChI=1S/C13H16N2O3/c16-13(17)10-4-2-1-3-9(10)12-14-11(15-18-12)7-8-5-6-8/h1-2,8-10H,3-7H2,(H,16,17). The molecule has 96 valence electrons. The summed E-state index contributed by atoms with van der Waals surface area (Å²) in [4.78, 5) is 15.6. The van der Waals surface area contributed by atoms with Crippen LogP contribution in [0.15, 0.2) is 16.7 Å². The van der Waals surface area contributed by atoms with Gasteiger partial charge in [-0.2, -0.15) is 4.98 Å². The van der Waals surface area contributed by atoms with Gasteiger partial charge >= 0.3 is 5.97 Å². The molecule has 1 aromatic rings. The molecular weight excluding hydrogens is 232 g/mol. The van der Waals surface area contributed by atoms with E-state index in [2.05, 4.69) is 10.1 Å². The van der Waals surface area contributed by atoms with E-state index in [9.17, 15) is 9.90 Å². The van der Waals surface area contributed by atoms with Crippen molar-refractivity contribution in [1.29, 1.82) is 0 Å². The molecule has 1 N–H and O–H groups in total. The fraction of sp³-hybridized carbons (Fsp3) is 0.615. The van der Waals surface area contributed by atoms with Crippen molar-refractivity contribution in [2.24, 2.45) is 11.8 Å². The second-order valence-electron chi connectivity index (χ2n) is 5.19. The summed E-state index contributed by atoms with van der Waals surface area (Å²) >= 11 is 0. The van der Waals surface area contributed by atoms with E-state index in [1.165, 1.54) is 12.8 Å². The first-order chi connectivity index (χ1) is 8.74. The predicted octanol–water partition coefficient (Wildman–Crippen LogP) is 2.16. The Bertz CT molecular complexity index is 476. The van der Waals surface area contributed by atoms with Crippen molar-refractivity contribution in [2.75, 3.05) is 0 Å². The maximum atomic E-state index is 11.2. The largest absolute Gasteiger partial charge is 0.481 e. The molecule has 5 heteroatoms. The summed E-state index contributed by atoms with van der Waals surface area (Å²) in [5, 5.41) is 13.2. The highest BCUT2D eigenvalue weighted by Crippen LogP contribution is 2.35. The monoisotopic (exact) mass is 248 g/mol. The van der Waals surface area contributed by atoms with Crippen molar-refractivity contribution in [3.8, 4) is 0 Å². The fourth-order valence-electron chi connectivity index (χ4n) is 2.44. The average molecular weight is 248 g/mol. The Morgan fingerprint density at radius 2 is 2.17 bits per heavy atom. The molecule has 0 bridgehead atoms. The molecule has 1 heterocycles. The van der Waals surface area contributed by atoms with Gasteiger partial charge in [0.2, 0.25) is 5.89 Å². The van der Waals surface area contributed by atoms with Gasteiger partial charge in [0.05, 0.1) is 11.8 Å². The lowest BCUT2D eigenvalue weighted by atomic mass is 9.83. The van der Waals surface area contributed by atoms with Crippen LogP contribution in [0.5, 0.6) is 0 Å². The van der Waals surface area contributed by atoms with Gasteiger partial charge in [-0.25, -0.2) is 0 Å². The van der Waals surface area contributed by atoms with Gasteiger partial charge in [-0.15, -0.1) is 0 Å². The first kappa shape index (κ1) is 11.4. The maximum absolute atomic E-state index is 11.2. The lowest BCUT2D eigenvalue weighted by Gasteiger charge is -2.21. The number of hydrogen-bond donors (Lipinski definition) is 1. The van der Waals surface area contributed by atoms with E-state index in [0.29, 0.717) is 24.7 Å². The van der Waals surface area contributed by atoms with E-state index in [1.54, 1.807) is 0 Å². The summed E-state index contributed by atoms with van der Waals surface area (Å²) < 4.78 is 5.25. The molecule has 1 saturated carbocycles. The summed E-state index contributed by atoms with van der Waals surface area (Å²) in [7, 11) is 0. The lowest BCUT2D eigenvalue weighted by molar-refractivity contribution is -0.142. The summed E-state index contributed by atoms with van der Waals surface area (Å²) in [6.07, 6.45) is 8.47. The van der Waals surface area contributed by atoms with Crippen molar-refractivity contribution in [2.45, 2.75) is 38.0 Å². The van der Waals surface area contributed by atoms with Crippen LogP contribution in [0.3, 0.4) is 0 Å². The zero-order valence-electron chi connectivity index (χ0n) is 10.1. The fourth-order valence-corrected chi connectivity index (χ4v) is 2.44. The minimum atomic E-state index is -0.786. The van der Waals surface area contributed by atoms with Crippen molar-refractivity contribution in [3.63, 3.8) is 0 Å². The Labute approximate surface area is 105 Å². The summed E-state index contributed by atoms with van der Waals surface area (Å²) in [6, 6.07) is 0. The van der Waals surface area contributed by atoms with Crippen molar-refractivity contribution in [3.05, 3.63) is 23.9 Å². The summed E-state index contributed by atoms with van der Waals surface area (Å²) in [6.45, 7) is 0. The van der Waals surface area contributed by atoms with Crippen LogP contribution in [0, 0.1) is 11.8 Å². The van der Waals surface area contributed by atoms with Gasteiger partial charge in [-0.05, 0) is 31.6 Å². The van der Waals surface area contributed by atoms with Gasteiger partial charge in [0.25, 0.3) is 0 Å². The molecule has 18 heavy (non-hydrogen) atoms. The first-order valence-electron chi connectivity index (χ1n) is 6.44. The second kappa shape index (κ2) is 4.55. The van der Waals surface area contributed by atoms with Crippen molar-refractivity contribution in [1.82, 2.24) is 10.1 Å². The number of aliphatic carboxylic acids is 1. The van der Waals surface area contributed by atoms with Gasteiger partial charge in [0.15, 0.2) is 5.82 Å². The van der Waals surface area contributed by atoms with Crippen LogP contribution in [0.1, 0.15) is 43.3 Å². The molecule has 1 fully saturated rings. The van der Waals surface area contributed by atoms with Gasteiger partial charge in [-0.3, -0.25) is 4.79 Å². The highest BCUT2D eigenvalue weighted by Gasteiger charge is 2.34.